The second-order valence-corrected chi connectivity index (χ2v) is 13.6. The van der Waals surface area contributed by atoms with Gasteiger partial charge in [0.15, 0.2) is 0 Å². The molecule has 0 atom stereocenters. The Morgan fingerprint density at radius 3 is 1.56 bits per heavy atom. The van der Waals surface area contributed by atoms with Gasteiger partial charge in [0.25, 0.3) is 0 Å². The molecule has 242 valence electrons. The Labute approximate surface area is 300 Å². The number of hydrogen-bond acceptors (Lipinski definition) is 1. The number of hydrogen-bond donors (Lipinski definition) is 0. The largest absolute Gasteiger partial charge is 0.456 e. The Morgan fingerprint density at radius 1 is 0.308 bits per heavy atom. The molecule has 0 saturated heterocycles. The van der Waals surface area contributed by atoms with Gasteiger partial charge in [0.2, 0.25) is 0 Å². The predicted molar refractivity (Wildman–Crippen MR) is 219 cm³/mol. The van der Waals surface area contributed by atoms with E-state index in [1.165, 1.54) is 71.2 Å². The molecule has 0 aliphatic carbocycles. The van der Waals surface area contributed by atoms with Crippen LogP contribution in [0.4, 0.5) is 0 Å². The van der Waals surface area contributed by atoms with Gasteiger partial charge in [0, 0.05) is 27.2 Å². The number of aromatic nitrogens is 1. The Balaban J connectivity index is 1.16. The maximum absolute atomic E-state index is 6.75. The molecule has 0 unspecified atom stereocenters. The molecule has 2 heteroatoms. The van der Waals surface area contributed by atoms with Crippen molar-refractivity contribution in [3.8, 4) is 39.1 Å². The van der Waals surface area contributed by atoms with E-state index in [1.807, 2.05) is 0 Å². The van der Waals surface area contributed by atoms with Gasteiger partial charge in [-0.25, -0.2) is 0 Å². The van der Waals surface area contributed by atoms with Crippen molar-refractivity contribution >= 4 is 65.3 Å². The Hall–Kier alpha value is -6.90. The highest BCUT2D eigenvalue weighted by atomic mass is 16.3. The molecule has 2 aromatic heterocycles. The summed E-state index contributed by atoms with van der Waals surface area (Å²) >= 11 is 0. The normalized spacial score (nSPS) is 11.8. The summed E-state index contributed by atoms with van der Waals surface area (Å²) in [6, 6.07) is 67.8. The summed E-state index contributed by atoms with van der Waals surface area (Å²) < 4.78 is 9.12. The Morgan fingerprint density at radius 2 is 0.865 bits per heavy atom. The molecule has 0 radical (unpaired) electrons. The van der Waals surface area contributed by atoms with Gasteiger partial charge in [-0.15, -0.1) is 0 Å². The Kier molecular flexibility index (Phi) is 6.28. The molecule has 2 heterocycles. The van der Waals surface area contributed by atoms with Gasteiger partial charge in [-0.1, -0.05) is 140 Å². The molecule has 0 fully saturated rings. The number of benzene rings is 9. The van der Waals surface area contributed by atoms with Crippen LogP contribution in [0.3, 0.4) is 0 Å². The quantitative estimate of drug-likeness (QED) is 0.172. The third-order valence-corrected chi connectivity index (χ3v) is 10.8. The number of rotatable bonds is 4. The summed E-state index contributed by atoms with van der Waals surface area (Å²) in [7, 11) is 0. The van der Waals surface area contributed by atoms with E-state index in [0.29, 0.717) is 0 Å². The minimum absolute atomic E-state index is 0.893. The lowest BCUT2D eigenvalue weighted by Crippen LogP contribution is -1.92. The fraction of sp³-hybridized carbons (Fsp3) is 0. The monoisotopic (exact) mass is 661 g/mol. The molecule has 9 aromatic carbocycles. The third-order valence-electron chi connectivity index (χ3n) is 10.8. The molecule has 0 aliphatic heterocycles. The van der Waals surface area contributed by atoms with Crippen LogP contribution in [0, 0.1) is 0 Å². The molecule has 0 aliphatic rings. The molecule has 52 heavy (non-hydrogen) atoms. The zero-order chi connectivity index (χ0) is 34.2. The van der Waals surface area contributed by atoms with Gasteiger partial charge in [0.05, 0.1) is 11.0 Å². The number of furan rings is 1. The first kappa shape index (κ1) is 28.9. The molecule has 0 bridgehead atoms. The predicted octanol–water partition coefficient (Wildman–Crippen LogP) is 14.0. The van der Waals surface area contributed by atoms with Crippen LogP contribution in [0.2, 0.25) is 0 Å². The molecule has 0 N–H and O–H groups in total. The molecule has 11 rings (SSSR count). The van der Waals surface area contributed by atoms with Gasteiger partial charge in [-0.2, -0.15) is 0 Å². The van der Waals surface area contributed by atoms with Gasteiger partial charge >= 0.3 is 0 Å². The SMILES string of the molecule is c1ccc(-c2cccc(-c3c4ccccc4c(-c4ccc5c(c4)oc4ccc6c(c7ccccc7n6-c6ccccc6)c45)c4ccccc34)c2)cc1. The molecule has 0 amide bonds. The zero-order valence-corrected chi connectivity index (χ0v) is 28.3. The van der Waals surface area contributed by atoms with Crippen molar-refractivity contribution in [3.05, 3.63) is 188 Å². The summed E-state index contributed by atoms with van der Waals surface area (Å²) in [5.74, 6) is 0. The maximum atomic E-state index is 6.75. The average molecular weight is 662 g/mol. The molecule has 0 saturated carbocycles. The number of para-hydroxylation sites is 2. The zero-order valence-electron chi connectivity index (χ0n) is 28.3. The molecule has 11 aromatic rings. The van der Waals surface area contributed by atoms with E-state index in [4.69, 9.17) is 4.42 Å². The van der Waals surface area contributed by atoms with Crippen LogP contribution >= 0.6 is 0 Å². The van der Waals surface area contributed by atoms with E-state index >= 15 is 0 Å². The fourth-order valence-corrected chi connectivity index (χ4v) is 8.57. The van der Waals surface area contributed by atoms with Gasteiger partial charge in [-0.3, -0.25) is 0 Å². The van der Waals surface area contributed by atoms with Gasteiger partial charge < -0.3 is 8.98 Å². The second-order valence-electron chi connectivity index (χ2n) is 13.6. The summed E-state index contributed by atoms with van der Waals surface area (Å²) in [6.07, 6.45) is 0. The van der Waals surface area contributed by atoms with Crippen LogP contribution in [0.25, 0.3) is 104 Å². The van der Waals surface area contributed by atoms with Crippen molar-refractivity contribution in [3.63, 3.8) is 0 Å². The molecular formula is C50H31NO. The van der Waals surface area contributed by atoms with Crippen molar-refractivity contribution in [2.75, 3.05) is 0 Å². The molecular weight excluding hydrogens is 631 g/mol. The van der Waals surface area contributed by atoms with Crippen molar-refractivity contribution in [1.82, 2.24) is 4.57 Å². The maximum Gasteiger partial charge on any atom is 0.136 e. The lowest BCUT2D eigenvalue weighted by molar-refractivity contribution is 0.669. The van der Waals surface area contributed by atoms with Crippen LogP contribution in [0.5, 0.6) is 0 Å². The van der Waals surface area contributed by atoms with E-state index in [2.05, 4.69) is 193 Å². The summed E-state index contributed by atoms with van der Waals surface area (Å²) in [5, 5.41) is 9.67. The third kappa shape index (κ3) is 4.25. The van der Waals surface area contributed by atoms with E-state index in [9.17, 15) is 0 Å². The minimum Gasteiger partial charge on any atom is -0.456 e. The van der Waals surface area contributed by atoms with E-state index < -0.39 is 0 Å². The topological polar surface area (TPSA) is 18.1 Å². The van der Waals surface area contributed by atoms with Crippen molar-refractivity contribution in [2.24, 2.45) is 0 Å². The van der Waals surface area contributed by atoms with E-state index in [1.54, 1.807) is 0 Å². The standard InChI is InChI=1S/C50H31NO/c1-3-14-32(15-4-1)33-16-13-17-34(30-33)47-37-20-7-9-22-39(37)48(40-23-10-8-21-38(40)47)35-26-27-42-46(31-35)52-45-29-28-44-49(50(42)45)41-24-11-12-25-43(41)51(44)36-18-5-2-6-19-36/h1-31H. The fourth-order valence-electron chi connectivity index (χ4n) is 8.57. The lowest BCUT2D eigenvalue weighted by Gasteiger charge is -2.18. The highest BCUT2D eigenvalue weighted by Gasteiger charge is 2.21. The number of fused-ring (bicyclic) bond motifs is 9. The van der Waals surface area contributed by atoms with Crippen LogP contribution in [-0.4, -0.2) is 4.57 Å². The summed E-state index contributed by atoms with van der Waals surface area (Å²) in [4.78, 5) is 0. The van der Waals surface area contributed by atoms with Crippen LogP contribution in [-0.2, 0) is 0 Å². The smallest absolute Gasteiger partial charge is 0.136 e. The average Bonchev–Trinajstić information content (AvgIpc) is 3.75. The first-order valence-electron chi connectivity index (χ1n) is 17.9. The first-order chi connectivity index (χ1) is 25.8. The summed E-state index contributed by atoms with van der Waals surface area (Å²) in [5.41, 5.74) is 12.6. The molecule has 2 nitrogen and oxygen atoms in total. The van der Waals surface area contributed by atoms with Gasteiger partial charge in [-0.05, 0) is 103 Å². The van der Waals surface area contributed by atoms with Crippen LogP contribution in [0.15, 0.2) is 192 Å². The second kappa shape index (κ2) is 11.3. The van der Waals surface area contributed by atoms with E-state index in [-0.39, 0.29) is 0 Å². The van der Waals surface area contributed by atoms with Crippen molar-refractivity contribution in [1.29, 1.82) is 0 Å². The highest BCUT2D eigenvalue weighted by Crippen LogP contribution is 2.46. The van der Waals surface area contributed by atoms with Crippen molar-refractivity contribution < 1.29 is 4.42 Å². The Bertz CT molecular complexity index is 3110. The summed E-state index contributed by atoms with van der Waals surface area (Å²) in [6.45, 7) is 0. The van der Waals surface area contributed by atoms with Crippen LogP contribution < -0.4 is 0 Å². The van der Waals surface area contributed by atoms with Crippen LogP contribution in [0.1, 0.15) is 0 Å². The first-order valence-corrected chi connectivity index (χ1v) is 17.9. The highest BCUT2D eigenvalue weighted by molar-refractivity contribution is 6.28. The van der Waals surface area contributed by atoms with E-state index in [0.717, 1.165) is 33.2 Å². The lowest BCUT2D eigenvalue weighted by atomic mass is 9.85. The van der Waals surface area contributed by atoms with Gasteiger partial charge in [0.1, 0.15) is 11.2 Å². The minimum atomic E-state index is 0.893. The number of nitrogens with zero attached hydrogens (tertiary/aromatic N) is 1. The molecule has 0 spiro atoms. The van der Waals surface area contributed by atoms with Crippen molar-refractivity contribution in [2.45, 2.75) is 0 Å².